The van der Waals surface area contributed by atoms with E-state index < -0.39 is 6.10 Å². The van der Waals surface area contributed by atoms with Crippen molar-refractivity contribution in [3.8, 4) is 0 Å². The third kappa shape index (κ3) is 48.0. The predicted molar refractivity (Wildman–Crippen MR) is 260 cm³/mol. The largest absolute Gasteiger partial charge is 0.462 e. The molecule has 1 unspecified atom stereocenters. The maximum absolute atomic E-state index is 12.7. The fourth-order valence-corrected chi connectivity index (χ4v) is 6.92. The Morgan fingerprint density at radius 3 is 1.28 bits per heavy atom. The Bertz CT molecular complexity index is 1080. The highest BCUT2D eigenvalue weighted by Gasteiger charge is 2.17. The maximum atomic E-state index is 12.7. The number of carbonyl (C=O) groups excluding carboxylic acids is 2. The first-order valence-electron chi connectivity index (χ1n) is 25.5. The number of hydrogen-bond acceptors (Lipinski definition) is 5. The highest BCUT2D eigenvalue weighted by Crippen LogP contribution is 2.13. The van der Waals surface area contributed by atoms with E-state index >= 15 is 0 Å². The highest BCUT2D eigenvalue weighted by atomic mass is 16.6. The number of rotatable bonds is 46. The first-order chi connectivity index (χ1) is 29.6. The summed E-state index contributed by atoms with van der Waals surface area (Å²) >= 11 is 0. The molecule has 0 N–H and O–H groups in total. The molecular weight excluding hydrogens is 741 g/mol. The van der Waals surface area contributed by atoms with Gasteiger partial charge in [-0.05, 0) is 96.3 Å². The molecular formula is C55H96O5. The summed E-state index contributed by atoms with van der Waals surface area (Å²) in [6, 6.07) is 0. The van der Waals surface area contributed by atoms with Gasteiger partial charge in [0, 0.05) is 19.4 Å². The van der Waals surface area contributed by atoms with Crippen LogP contribution in [0.2, 0.25) is 0 Å². The lowest BCUT2D eigenvalue weighted by molar-refractivity contribution is -0.162. The molecule has 0 aliphatic carbocycles. The van der Waals surface area contributed by atoms with Crippen LogP contribution >= 0.6 is 0 Å². The van der Waals surface area contributed by atoms with Crippen molar-refractivity contribution in [1.82, 2.24) is 0 Å². The summed E-state index contributed by atoms with van der Waals surface area (Å²) < 4.78 is 17.3. The molecule has 0 aromatic rings. The molecule has 0 spiro atoms. The van der Waals surface area contributed by atoms with Gasteiger partial charge in [0.25, 0.3) is 0 Å². The Balaban J connectivity index is 4.34. The van der Waals surface area contributed by atoms with Crippen molar-refractivity contribution in [2.24, 2.45) is 0 Å². The lowest BCUT2D eigenvalue weighted by Gasteiger charge is -2.18. The van der Waals surface area contributed by atoms with Gasteiger partial charge in [0.15, 0.2) is 6.10 Å². The fourth-order valence-electron chi connectivity index (χ4n) is 6.92. The first-order valence-corrected chi connectivity index (χ1v) is 25.5. The minimum absolute atomic E-state index is 0.0507. The van der Waals surface area contributed by atoms with Gasteiger partial charge in [-0.15, -0.1) is 0 Å². The minimum Gasteiger partial charge on any atom is -0.462 e. The van der Waals surface area contributed by atoms with Gasteiger partial charge in [-0.25, -0.2) is 0 Å². The van der Waals surface area contributed by atoms with Crippen LogP contribution in [0, 0.1) is 0 Å². The van der Waals surface area contributed by atoms with Crippen LogP contribution in [-0.4, -0.2) is 37.9 Å². The Hall–Kier alpha value is -2.66. The van der Waals surface area contributed by atoms with Crippen LogP contribution < -0.4 is 0 Å². The van der Waals surface area contributed by atoms with Gasteiger partial charge in [0.05, 0.1) is 6.61 Å². The van der Waals surface area contributed by atoms with Gasteiger partial charge >= 0.3 is 11.9 Å². The summed E-state index contributed by atoms with van der Waals surface area (Å²) in [5, 5.41) is 0. The zero-order chi connectivity index (χ0) is 43.5. The van der Waals surface area contributed by atoms with E-state index in [1.807, 2.05) is 6.08 Å². The molecule has 0 aliphatic rings. The van der Waals surface area contributed by atoms with Crippen molar-refractivity contribution in [3.05, 3.63) is 72.9 Å². The van der Waals surface area contributed by atoms with Crippen LogP contribution in [0.5, 0.6) is 0 Å². The fraction of sp³-hybridized carbons (Fsp3) is 0.745. The molecule has 0 saturated heterocycles. The number of allylic oxidation sites excluding steroid dienone is 12. The molecule has 0 fully saturated rings. The molecule has 0 aliphatic heterocycles. The van der Waals surface area contributed by atoms with E-state index in [2.05, 4.69) is 87.6 Å². The average Bonchev–Trinajstić information content (AvgIpc) is 3.25. The molecule has 346 valence electrons. The van der Waals surface area contributed by atoms with Crippen LogP contribution in [0.15, 0.2) is 72.9 Å². The summed E-state index contributed by atoms with van der Waals surface area (Å²) in [5.41, 5.74) is 0. The van der Waals surface area contributed by atoms with Gasteiger partial charge in [0.1, 0.15) is 6.61 Å². The van der Waals surface area contributed by atoms with Gasteiger partial charge in [-0.1, -0.05) is 203 Å². The summed E-state index contributed by atoms with van der Waals surface area (Å²) in [4.78, 5) is 25.3. The van der Waals surface area contributed by atoms with Crippen molar-refractivity contribution < 1.29 is 23.8 Å². The second-order valence-electron chi connectivity index (χ2n) is 16.7. The predicted octanol–water partition coefficient (Wildman–Crippen LogP) is 17.1. The summed E-state index contributed by atoms with van der Waals surface area (Å²) in [6.07, 6.45) is 64.9. The van der Waals surface area contributed by atoms with E-state index in [4.69, 9.17) is 14.2 Å². The van der Waals surface area contributed by atoms with Crippen LogP contribution in [0.3, 0.4) is 0 Å². The van der Waals surface area contributed by atoms with Crippen molar-refractivity contribution in [1.29, 1.82) is 0 Å². The molecule has 0 saturated carbocycles. The molecule has 0 aromatic carbocycles. The average molecular weight is 837 g/mol. The normalized spacial score (nSPS) is 12.8. The Morgan fingerprint density at radius 2 is 0.783 bits per heavy atom. The zero-order valence-electron chi connectivity index (χ0n) is 39.7. The highest BCUT2D eigenvalue weighted by molar-refractivity contribution is 5.70. The monoisotopic (exact) mass is 837 g/mol. The van der Waals surface area contributed by atoms with Crippen molar-refractivity contribution in [2.75, 3.05) is 19.8 Å². The van der Waals surface area contributed by atoms with E-state index in [0.29, 0.717) is 25.9 Å². The molecule has 0 aromatic heterocycles. The lowest BCUT2D eigenvalue weighted by Crippen LogP contribution is -2.30. The lowest BCUT2D eigenvalue weighted by atomic mass is 10.1. The first kappa shape index (κ1) is 57.3. The second-order valence-corrected chi connectivity index (χ2v) is 16.7. The minimum atomic E-state index is -0.580. The third-order valence-electron chi connectivity index (χ3n) is 10.7. The van der Waals surface area contributed by atoms with E-state index in [0.717, 1.165) is 57.8 Å². The second kappa shape index (κ2) is 50.7. The van der Waals surface area contributed by atoms with E-state index in [9.17, 15) is 9.59 Å². The maximum Gasteiger partial charge on any atom is 0.306 e. The van der Waals surface area contributed by atoms with E-state index in [1.165, 1.54) is 141 Å². The summed E-state index contributed by atoms with van der Waals surface area (Å²) in [5.74, 6) is -0.497. The van der Waals surface area contributed by atoms with Gasteiger partial charge in [-0.3, -0.25) is 9.59 Å². The van der Waals surface area contributed by atoms with Crippen molar-refractivity contribution in [3.63, 3.8) is 0 Å². The van der Waals surface area contributed by atoms with Crippen LogP contribution in [-0.2, 0) is 23.8 Å². The number of esters is 2. The molecule has 5 heteroatoms. The Labute approximate surface area is 372 Å². The number of hydrogen-bond donors (Lipinski definition) is 0. The smallest absolute Gasteiger partial charge is 0.306 e. The number of carbonyl (C=O) groups is 2. The molecule has 1 atom stereocenters. The van der Waals surface area contributed by atoms with Crippen molar-refractivity contribution >= 4 is 11.9 Å². The summed E-state index contributed by atoms with van der Waals surface area (Å²) in [7, 11) is 0. The molecule has 0 rings (SSSR count). The Kier molecular flexibility index (Phi) is 48.4. The van der Waals surface area contributed by atoms with E-state index in [-0.39, 0.29) is 25.2 Å². The van der Waals surface area contributed by atoms with Gasteiger partial charge < -0.3 is 14.2 Å². The van der Waals surface area contributed by atoms with Crippen LogP contribution in [0.4, 0.5) is 0 Å². The van der Waals surface area contributed by atoms with Gasteiger partial charge in [0.2, 0.25) is 0 Å². The summed E-state index contributed by atoms with van der Waals surface area (Å²) in [6.45, 7) is 7.61. The molecule has 0 amide bonds. The quantitative estimate of drug-likeness (QED) is 0.0347. The topological polar surface area (TPSA) is 61.8 Å². The third-order valence-corrected chi connectivity index (χ3v) is 10.7. The molecule has 5 nitrogen and oxygen atoms in total. The molecule has 60 heavy (non-hydrogen) atoms. The molecule has 0 radical (unpaired) electrons. The standard InChI is InChI=1S/C55H96O5/c1-4-7-10-13-16-19-22-25-27-28-29-31-33-36-39-42-45-48-54(56)59-52-53(51-58-50-47-44-41-38-35-32-26-23-20-17-14-11-8-5-2)60-55(57)49-46-43-40-37-34-30-24-21-18-15-12-9-6-3/h9,12,18,20-21,23,25,27,30,34,40,43,53H,4-8,10-11,13-17,19,22,24,26,28-29,31-33,35-39,41-42,44-52H2,1-3H3/b12-9-,21-18-,23-20-,27-25-,34-30-,43-40-. The molecule has 0 heterocycles. The van der Waals surface area contributed by atoms with Gasteiger partial charge in [-0.2, -0.15) is 0 Å². The SMILES string of the molecule is CC/C=C\C/C=C\C/C=C\C/C=C\CCC(=O)OC(COCCCCCCCC/C=C\CCCCCC)COC(=O)CCCCCCCCC/C=C\CCCCCCCC. The number of ether oxygens (including phenoxy) is 3. The van der Waals surface area contributed by atoms with Crippen LogP contribution in [0.1, 0.15) is 239 Å². The Morgan fingerprint density at radius 1 is 0.383 bits per heavy atom. The molecule has 0 bridgehead atoms. The van der Waals surface area contributed by atoms with E-state index in [1.54, 1.807) is 0 Å². The number of unbranched alkanes of at least 4 members (excludes halogenated alkanes) is 23. The van der Waals surface area contributed by atoms with Crippen molar-refractivity contribution in [2.45, 2.75) is 245 Å². The van der Waals surface area contributed by atoms with Crippen LogP contribution in [0.25, 0.3) is 0 Å². The zero-order valence-corrected chi connectivity index (χ0v) is 39.7.